The van der Waals surface area contributed by atoms with Crippen molar-refractivity contribution in [3.63, 3.8) is 0 Å². The predicted octanol–water partition coefficient (Wildman–Crippen LogP) is -1.05. The molecule has 0 aromatic carbocycles. The maximum Gasteiger partial charge on any atom is 0.320 e. The summed E-state index contributed by atoms with van der Waals surface area (Å²) in [4.78, 5) is 25.7. The lowest BCUT2D eigenvalue weighted by atomic mass is 10.2. The van der Waals surface area contributed by atoms with Gasteiger partial charge in [-0.2, -0.15) is 0 Å². The highest BCUT2D eigenvalue weighted by Crippen LogP contribution is 2.09. The van der Waals surface area contributed by atoms with Crippen molar-refractivity contribution >= 4 is 11.9 Å². The minimum Gasteiger partial charge on any atom is -0.480 e. The molecule has 0 radical (unpaired) electrons. The monoisotopic (exact) mass is 229 g/mol. The van der Waals surface area contributed by atoms with E-state index in [1.807, 2.05) is 9.80 Å². The number of nitrogens with two attached hydrogens (primary N) is 1. The molecule has 92 valence electrons. The van der Waals surface area contributed by atoms with Crippen LogP contribution in [-0.2, 0) is 9.59 Å². The Morgan fingerprint density at radius 3 is 1.75 bits per heavy atom. The Balaban J connectivity index is 2.45. The van der Waals surface area contributed by atoms with Gasteiger partial charge < -0.3 is 10.8 Å². The topological polar surface area (TPSA) is 86.9 Å². The molecular weight excluding hydrogens is 210 g/mol. The van der Waals surface area contributed by atoms with Crippen LogP contribution in [0.5, 0.6) is 0 Å². The van der Waals surface area contributed by atoms with Crippen molar-refractivity contribution in [1.29, 1.82) is 0 Å². The van der Waals surface area contributed by atoms with Gasteiger partial charge in [0.05, 0.1) is 6.04 Å². The smallest absolute Gasteiger partial charge is 0.320 e. The summed E-state index contributed by atoms with van der Waals surface area (Å²) in [7, 11) is 0. The quantitative estimate of drug-likeness (QED) is 0.642. The van der Waals surface area contributed by atoms with Crippen LogP contribution in [0.2, 0.25) is 0 Å². The van der Waals surface area contributed by atoms with Crippen LogP contribution >= 0.6 is 0 Å². The average Bonchev–Trinajstić information content (AvgIpc) is 2.27. The predicted molar refractivity (Wildman–Crippen MR) is 58.9 cm³/mol. The molecule has 6 nitrogen and oxygen atoms in total. The standard InChI is InChI=1S/C10H19N3O3/c1-7(9(11)14)12-3-5-13(6-4-12)8(2)10(15)16/h7-8H,3-6H2,1-2H3,(H2,11,14)(H,15,16). The number of rotatable bonds is 4. The number of carbonyl (C=O) groups is 2. The number of hydrogen-bond donors (Lipinski definition) is 2. The third-order valence-corrected chi connectivity index (χ3v) is 3.21. The molecule has 1 fully saturated rings. The number of carboxylic acids is 1. The zero-order valence-corrected chi connectivity index (χ0v) is 9.72. The lowest BCUT2D eigenvalue weighted by molar-refractivity contribution is -0.143. The van der Waals surface area contributed by atoms with Gasteiger partial charge in [0, 0.05) is 26.2 Å². The minimum absolute atomic E-state index is 0.276. The van der Waals surface area contributed by atoms with Gasteiger partial charge in [-0.05, 0) is 13.8 Å². The Hall–Kier alpha value is -1.14. The molecular formula is C10H19N3O3. The van der Waals surface area contributed by atoms with Crippen LogP contribution < -0.4 is 5.73 Å². The maximum absolute atomic E-state index is 11.0. The molecule has 0 aromatic rings. The molecule has 0 saturated carbocycles. The van der Waals surface area contributed by atoms with Crippen LogP contribution in [0.4, 0.5) is 0 Å². The number of carbonyl (C=O) groups excluding carboxylic acids is 1. The Morgan fingerprint density at radius 1 is 1.06 bits per heavy atom. The van der Waals surface area contributed by atoms with Crippen molar-refractivity contribution < 1.29 is 14.7 Å². The fourth-order valence-electron chi connectivity index (χ4n) is 1.85. The van der Waals surface area contributed by atoms with E-state index in [2.05, 4.69) is 0 Å². The van der Waals surface area contributed by atoms with Crippen molar-refractivity contribution in [2.75, 3.05) is 26.2 Å². The number of hydrogen-bond acceptors (Lipinski definition) is 4. The SMILES string of the molecule is CC(C(N)=O)N1CCN(C(C)C(=O)O)CC1. The first-order valence-electron chi connectivity index (χ1n) is 5.43. The molecule has 0 spiro atoms. The Kier molecular flexibility index (Phi) is 4.26. The van der Waals surface area contributed by atoms with Crippen LogP contribution in [-0.4, -0.2) is 65.0 Å². The number of carboxylic acid groups (broad SMARTS) is 1. The normalized spacial score (nSPS) is 22.6. The summed E-state index contributed by atoms with van der Waals surface area (Å²) in [6.45, 7) is 6.13. The van der Waals surface area contributed by atoms with Gasteiger partial charge >= 0.3 is 5.97 Å². The summed E-state index contributed by atoms with van der Waals surface area (Å²) < 4.78 is 0. The fraction of sp³-hybridized carbons (Fsp3) is 0.800. The zero-order chi connectivity index (χ0) is 12.3. The first-order valence-corrected chi connectivity index (χ1v) is 5.43. The van der Waals surface area contributed by atoms with E-state index in [1.165, 1.54) is 0 Å². The second kappa shape index (κ2) is 5.27. The van der Waals surface area contributed by atoms with Crippen molar-refractivity contribution in [2.45, 2.75) is 25.9 Å². The van der Waals surface area contributed by atoms with E-state index in [1.54, 1.807) is 13.8 Å². The third-order valence-electron chi connectivity index (χ3n) is 3.21. The fourth-order valence-corrected chi connectivity index (χ4v) is 1.85. The molecule has 1 rings (SSSR count). The van der Waals surface area contributed by atoms with E-state index in [0.29, 0.717) is 26.2 Å². The van der Waals surface area contributed by atoms with E-state index in [-0.39, 0.29) is 11.9 Å². The third kappa shape index (κ3) is 2.93. The van der Waals surface area contributed by atoms with Crippen LogP contribution in [0, 0.1) is 0 Å². The van der Waals surface area contributed by atoms with Crippen LogP contribution in [0.15, 0.2) is 0 Å². The molecule has 1 heterocycles. The zero-order valence-electron chi connectivity index (χ0n) is 9.72. The van der Waals surface area contributed by atoms with Crippen LogP contribution in [0.25, 0.3) is 0 Å². The molecule has 3 N–H and O–H groups in total. The summed E-state index contributed by atoms with van der Waals surface area (Å²) in [6.07, 6.45) is 0. The van der Waals surface area contributed by atoms with Crippen molar-refractivity contribution in [2.24, 2.45) is 5.73 Å². The molecule has 1 aliphatic heterocycles. The summed E-state index contributed by atoms with van der Waals surface area (Å²) >= 11 is 0. The van der Waals surface area contributed by atoms with Gasteiger partial charge in [-0.25, -0.2) is 0 Å². The molecule has 0 aromatic heterocycles. The van der Waals surface area contributed by atoms with Gasteiger partial charge in [-0.3, -0.25) is 19.4 Å². The van der Waals surface area contributed by atoms with Gasteiger partial charge in [0.25, 0.3) is 0 Å². The second-order valence-corrected chi connectivity index (χ2v) is 4.16. The van der Waals surface area contributed by atoms with E-state index in [9.17, 15) is 9.59 Å². The number of primary amides is 1. The molecule has 0 bridgehead atoms. The van der Waals surface area contributed by atoms with Crippen molar-refractivity contribution in [3.05, 3.63) is 0 Å². The van der Waals surface area contributed by atoms with E-state index in [0.717, 1.165) is 0 Å². The number of aliphatic carboxylic acids is 1. The summed E-state index contributed by atoms with van der Waals surface area (Å²) in [5, 5.41) is 8.87. The second-order valence-electron chi connectivity index (χ2n) is 4.16. The largest absolute Gasteiger partial charge is 0.480 e. The summed E-state index contributed by atoms with van der Waals surface area (Å²) in [6, 6.07) is -0.742. The van der Waals surface area contributed by atoms with Crippen molar-refractivity contribution in [1.82, 2.24) is 9.80 Å². The van der Waals surface area contributed by atoms with Crippen LogP contribution in [0.3, 0.4) is 0 Å². The Morgan fingerprint density at radius 2 is 1.44 bits per heavy atom. The van der Waals surface area contributed by atoms with E-state index < -0.39 is 12.0 Å². The minimum atomic E-state index is -0.809. The average molecular weight is 229 g/mol. The highest BCUT2D eigenvalue weighted by Gasteiger charge is 2.28. The Bertz CT molecular complexity index is 246. The molecule has 0 aliphatic carbocycles. The maximum atomic E-state index is 11.0. The molecule has 2 unspecified atom stereocenters. The number of amides is 1. The molecule has 16 heavy (non-hydrogen) atoms. The summed E-state index contributed by atoms with van der Waals surface area (Å²) in [5.74, 6) is -1.14. The highest BCUT2D eigenvalue weighted by atomic mass is 16.4. The number of nitrogens with zero attached hydrogens (tertiary/aromatic N) is 2. The van der Waals surface area contributed by atoms with Gasteiger partial charge in [0.15, 0.2) is 0 Å². The lowest BCUT2D eigenvalue weighted by Crippen LogP contribution is -2.55. The lowest BCUT2D eigenvalue weighted by Gasteiger charge is -2.38. The molecule has 6 heteroatoms. The van der Waals surface area contributed by atoms with Gasteiger partial charge in [-0.15, -0.1) is 0 Å². The van der Waals surface area contributed by atoms with E-state index >= 15 is 0 Å². The van der Waals surface area contributed by atoms with Gasteiger partial charge in [-0.1, -0.05) is 0 Å². The van der Waals surface area contributed by atoms with E-state index in [4.69, 9.17) is 10.8 Å². The highest BCUT2D eigenvalue weighted by molar-refractivity contribution is 5.79. The number of piperazine rings is 1. The molecule has 1 amide bonds. The molecule has 1 aliphatic rings. The van der Waals surface area contributed by atoms with Gasteiger partial charge in [0.2, 0.25) is 5.91 Å². The first kappa shape index (κ1) is 12.9. The molecule has 1 saturated heterocycles. The van der Waals surface area contributed by atoms with Crippen molar-refractivity contribution in [3.8, 4) is 0 Å². The van der Waals surface area contributed by atoms with Gasteiger partial charge in [0.1, 0.15) is 6.04 Å². The first-order chi connectivity index (χ1) is 7.43. The molecule has 2 atom stereocenters. The Labute approximate surface area is 95.0 Å². The summed E-state index contributed by atoms with van der Waals surface area (Å²) in [5.41, 5.74) is 5.22. The van der Waals surface area contributed by atoms with Crippen LogP contribution in [0.1, 0.15) is 13.8 Å².